The number of nitrogens with one attached hydrogen (secondary N) is 2. The highest BCUT2D eigenvalue weighted by Gasteiger charge is 2.16. The first-order valence-corrected chi connectivity index (χ1v) is 8.08. The fourth-order valence-corrected chi connectivity index (χ4v) is 3.61. The zero-order valence-electron chi connectivity index (χ0n) is 12.9. The fraction of sp³-hybridized carbons (Fsp3) is 0.389. The van der Waals surface area contributed by atoms with Gasteiger partial charge in [0.25, 0.3) is 0 Å². The Bertz CT molecular complexity index is 884. The zero-order chi connectivity index (χ0) is 15.1. The Kier molecular flexibility index (Phi) is 3.26. The van der Waals surface area contributed by atoms with Crippen LogP contribution in [0.15, 0.2) is 29.2 Å². The molecule has 3 aromatic rings. The van der Waals surface area contributed by atoms with Crippen molar-refractivity contribution < 1.29 is 0 Å². The summed E-state index contributed by atoms with van der Waals surface area (Å²) < 4.78 is 0. The van der Waals surface area contributed by atoms with E-state index in [0.29, 0.717) is 0 Å². The van der Waals surface area contributed by atoms with Gasteiger partial charge >= 0.3 is 0 Å². The van der Waals surface area contributed by atoms with Crippen molar-refractivity contribution in [1.29, 1.82) is 0 Å². The molecule has 0 radical (unpaired) electrons. The Balaban J connectivity index is 1.89. The molecule has 2 aromatic heterocycles. The first-order chi connectivity index (χ1) is 10.7. The molecule has 2 N–H and O–H groups in total. The zero-order valence-corrected chi connectivity index (χ0v) is 12.9. The molecule has 0 amide bonds. The molecular weight excluding hydrogens is 274 g/mol. The smallest absolute Gasteiger partial charge is 0.185 e. The van der Waals surface area contributed by atoms with E-state index in [4.69, 9.17) is 0 Å². The lowest BCUT2D eigenvalue weighted by atomic mass is 10.1. The summed E-state index contributed by atoms with van der Waals surface area (Å²) in [4.78, 5) is 21.5. The minimum atomic E-state index is 0.145. The summed E-state index contributed by atoms with van der Waals surface area (Å²) in [5, 5.41) is 2.34. The van der Waals surface area contributed by atoms with E-state index in [1.54, 1.807) is 6.07 Å². The van der Waals surface area contributed by atoms with E-state index < -0.39 is 0 Å². The van der Waals surface area contributed by atoms with Gasteiger partial charge in [-0.1, -0.05) is 6.42 Å². The Hall–Kier alpha value is -2.07. The number of hydrogen-bond acceptors (Lipinski definition) is 2. The van der Waals surface area contributed by atoms with Crippen LogP contribution >= 0.6 is 0 Å². The van der Waals surface area contributed by atoms with Crippen LogP contribution in [0.1, 0.15) is 30.5 Å². The number of aryl methyl sites for hydroxylation is 1. The molecule has 1 fully saturated rings. The van der Waals surface area contributed by atoms with Crippen LogP contribution in [0, 0.1) is 6.92 Å². The van der Waals surface area contributed by atoms with E-state index >= 15 is 0 Å². The maximum absolute atomic E-state index is 12.4. The highest BCUT2D eigenvalue weighted by Crippen LogP contribution is 2.28. The van der Waals surface area contributed by atoms with Crippen LogP contribution in [0.2, 0.25) is 0 Å². The van der Waals surface area contributed by atoms with E-state index in [1.807, 2.05) is 12.3 Å². The third kappa shape index (κ3) is 2.15. The van der Waals surface area contributed by atoms with Crippen LogP contribution in [0.3, 0.4) is 0 Å². The molecule has 0 saturated carbocycles. The predicted molar refractivity (Wildman–Crippen MR) is 90.3 cm³/mol. The van der Waals surface area contributed by atoms with Gasteiger partial charge in [-0.2, -0.15) is 0 Å². The molecule has 0 spiro atoms. The maximum atomic E-state index is 12.4. The minimum Gasteiger partial charge on any atom is -0.364 e. The molecule has 22 heavy (non-hydrogen) atoms. The second-order valence-electron chi connectivity index (χ2n) is 6.32. The summed E-state index contributed by atoms with van der Waals surface area (Å²) in [6.07, 6.45) is 5.75. The molecule has 4 nitrogen and oxygen atoms in total. The number of aromatic amines is 2. The second-order valence-corrected chi connectivity index (χ2v) is 6.32. The van der Waals surface area contributed by atoms with Gasteiger partial charge in [0.15, 0.2) is 5.43 Å². The van der Waals surface area contributed by atoms with Gasteiger partial charge in [-0.15, -0.1) is 0 Å². The van der Waals surface area contributed by atoms with Crippen LogP contribution in [0.4, 0.5) is 0 Å². The predicted octanol–water partition coefficient (Wildman–Crippen LogP) is 3.30. The summed E-state index contributed by atoms with van der Waals surface area (Å²) in [5.41, 5.74) is 4.27. The number of fused-ring (bicyclic) bond motifs is 3. The van der Waals surface area contributed by atoms with Gasteiger partial charge < -0.3 is 9.97 Å². The van der Waals surface area contributed by atoms with Crippen molar-refractivity contribution in [3.8, 4) is 0 Å². The van der Waals surface area contributed by atoms with Gasteiger partial charge in [0.05, 0.1) is 11.0 Å². The lowest BCUT2D eigenvalue weighted by molar-refractivity contribution is 0.221. The lowest BCUT2D eigenvalue weighted by Crippen LogP contribution is -2.31. The molecule has 1 aliphatic rings. The topological polar surface area (TPSA) is 51.9 Å². The fourth-order valence-electron chi connectivity index (χ4n) is 3.61. The summed E-state index contributed by atoms with van der Waals surface area (Å²) >= 11 is 0. The molecule has 4 rings (SSSR count). The molecule has 3 heterocycles. The number of hydrogen-bond donors (Lipinski definition) is 2. The SMILES string of the molecule is Cc1[nH]ccc2c1[nH]c1c(CN3CCCCC3)c(=O)ccc12. The van der Waals surface area contributed by atoms with E-state index in [2.05, 4.69) is 27.9 Å². The van der Waals surface area contributed by atoms with Crippen molar-refractivity contribution in [1.82, 2.24) is 14.9 Å². The van der Waals surface area contributed by atoms with Crippen LogP contribution in [-0.2, 0) is 6.54 Å². The molecular formula is C18H21N3O. The van der Waals surface area contributed by atoms with Crippen molar-refractivity contribution in [2.75, 3.05) is 13.1 Å². The first kappa shape index (κ1) is 13.6. The highest BCUT2D eigenvalue weighted by molar-refractivity contribution is 6.08. The van der Waals surface area contributed by atoms with Crippen LogP contribution in [0.5, 0.6) is 0 Å². The number of H-pyrrole nitrogens is 2. The molecule has 1 aliphatic heterocycles. The Morgan fingerprint density at radius 1 is 1.05 bits per heavy atom. The van der Waals surface area contributed by atoms with E-state index in [-0.39, 0.29) is 5.43 Å². The van der Waals surface area contributed by atoms with Gasteiger partial charge in [-0.05, 0) is 51.1 Å². The van der Waals surface area contributed by atoms with E-state index in [0.717, 1.165) is 47.3 Å². The molecule has 0 atom stereocenters. The third-order valence-corrected chi connectivity index (χ3v) is 4.83. The van der Waals surface area contributed by atoms with Crippen molar-refractivity contribution in [3.05, 3.63) is 45.9 Å². The average Bonchev–Trinajstić information content (AvgIpc) is 2.92. The van der Waals surface area contributed by atoms with E-state index in [9.17, 15) is 4.79 Å². The van der Waals surface area contributed by atoms with Gasteiger partial charge in [0.1, 0.15) is 0 Å². The summed E-state index contributed by atoms with van der Waals surface area (Å²) in [6, 6.07) is 5.76. The highest BCUT2D eigenvalue weighted by atomic mass is 16.1. The number of nitrogens with zero attached hydrogens (tertiary/aromatic N) is 1. The van der Waals surface area contributed by atoms with Gasteiger partial charge in [0, 0.05) is 34.8 Å². The number of rotatable bonds is 2. The Morgan fingerprint density at radius 2 is 1.82 bits per heavy atom. The number of aromatic nitrogens is 2. The van der Waals surface area contributed by atoms with Gasteiger partial charge in [-0.3, -0.25) is 9.69 Å². The number of likely N-dealkylation sites (tertiary alicyclic amines) is 1. The molecule has 0 bridgehead atoms. The molecule has 0 aliphatic carbocycles. The minimum absolute atomic E-state index is 0.145. The van der Waals surface area contributed by atoms with Gasteiger partial charge in [0.2, 0.25) is 0 Å². The Morgan fingerprint density at radius 3 is 2.64 bits per heavy atom. The summed E-state index contributed by atoms with van der Waals surface area (Å²) in [6.45, 7) is 5.01. The molecule has 114 valence electrons. The molecule has 4 heteroatoms. The van der Waals surface area contributed by atoms with Crippen LogP contribution in [0.25, 0.3) is 21.8 Å². The first-order valence-electron chi connectivity index (χ1n) is 8.08. The van der Waals surface area contributed by atoms with Crippen molar-refractivity contribution in [3.63, 3.8) is 0 Å². The normalized spacial score (nSPS) is 16.6. The quantitative estimate of drug-likeness (QED) is 0.762. The maximum Gasteiger partial charge on any atom is 0.185 e. The van der Waals surface area contributed by atoms with Crippen LogP contribution < -0.4 is 5.43 Å². The van der Waals surface area contributed by atoms with Gasteiger partial charge in [-0.25, -0.2) is 0 Å². The standard InChI is InChI=1S/C18H21N3O/c1-12-17-14(7-8-19-12)13-5-6-16(22)15(18(13)20-17)11-21-9-3-2-4-10-21/h5-8,19-20H,2-4,9-11H2,1H3. The Labute approximate surface area is 129 Å². The monoisotopic (exact) mass is 295 g/mol. The number of piperidine rings is 1. The summed E-state index contributed by atoms with van der Waals surface area (Å²) in [5.74, 6) is 0. The van der Waals surface area contributed by atoms with E-state index in [1.165, 1.54) is 24.6 Å². The largest absolute Gasteiger partial charge is 0.364 e. The lowest BCUT2D eigenvalue weighted by Gasteiger charge is -2.26. The van der Waals surface area contributed by atoms with Crippen molar-refractivity contribution in [2.45, 2.75) is 32.7 Å². The van der Waals surface area contributed by atoms with Crippen molar-refractivity contribution in [2.24, 2.45) is 0 Å². The molecule has 1 aromatic carbocycles. The molecule has 1 saturated heterocycles. The average molecular weight is 295 g/mol. The second kappa shape index (κ2) is 5.29. The van der Waals surface area contributed by atoms with Crippen molar-refractivity contribution >= 4 is 21.8 Å². The summed E-state index contributed by atoms with van der Waals surface area (Å²) in [7, 11) is 0. The molecule has 0 unspecified atom stereocenters. The number of pyridine rings is 1. The third-order valence-electron chi connectivity index (χ3n) is 4.83. The number of benzene rings is 1. The van der Waals surface area contributed by atoms with Crippen LogP contribution in [-0.4, -0.2) is 28.0 Å².